The van der Waals surface area contributed by atoms with Crippen molar-refractivity contribution in [3.63, 3.8) is 0 Å². The van der Waals surface area contributed by atoms with Crippen molar-refractivity contribution in [1.82, 2.24) is 4.98 Å². The van der Waals surface area contributed by atoms with Gasteiger partial charge in [-0.25, -0.2) is 9.78 Å². The summed E-state index contributed by atoms with van der Waals surface area (Å²) in [6, 6.07) is 0. The SMILES string of the molecule is O=C(O)/C=C/c1sc(N2CCCC2)nc1C1CC1. The summed E-state index contributed by atoms with van der Waals surface area (Å²) in [6.45, 7) is 2.17. The molecule has 0 radical (unpaired) electrons. The van der Waals surface area contributed by atoms with Crippen molar-refractivity contribution in [2.75, 3.05) is 18.0 Å². The molecule has 1 saturated carbocycles. The minimum absolute atomic E-state index is 0.561. The number of aromatic nitrogens is 1. The summed E-state index contributed by atoms with van der Waals surface area (Å²) < 4.78 is 0. The zero-order chi connectivity index (χ0) is 12.5. The van der Waals surface area contributed by atoms with Crippen molar-refractivity contribution in [3.05, 3.63) is 16.6 Å². The largest absolute Gasteiger partial charge is 0.478 e. The Hall–Kier alpha value is -1.36. The highest BCUT2D eigenvalue weighted by atomic mass is 32.1. The van der Waals surface area contributed by atoms with Gasteiger partial charge >= 0.3 is 5.97 Å². The lowest BCUT2D eigenvalue weighted by Gasteiger charge is -2.12. The highest BCUT2D eigenvalue weighted by Crippen LogP contribution is 2.44. The number of rotatable bonds is 4. The molecule has 2 heterocycles. The first-order valence-corrected chi connectivity index (χ1v) is 7.22. The van der Waals surface area contributed by atoms with Gasteiger partial charge in [-0.3, -0.25) is 0 Å². The summed E-state index contributed by atoms with van der Waals surface area (Å²) >= 11 is 1.63. The Kier molecular flexibility index (Phi) is 3.07. The van der Waals surface area contributed by atoms with E-state index in [2.05, 4.69) is 4.90 Å². The van der Waals surface area contributed by atoms with E-state index in [1.54, 1.807) is 17.4 Å². The number of hydrogen-bond acceptors (Lipinski definition) is 4. The zero-order valence-corrected chi connectivity index (χ0v) is 10.9. The number of carboxylic acids is 1. The number of hydrogen-bond donors (Lipinski definition) is 1. The summed E-state index contributed by atoms with van der Waals surface area (Å²) in [6.07, 6.45) is 7.77. The first-order valence-electron chi connectivity index (χ1n) is 6.41. The molecule has 5 heteroatoms. The van der Waals surface area contributed by atoms with Gasteiger partial charge in [0.05, 0.1) is 10.6 Å². The Morgan fingerprint density at radius 3 is 2.72 bits per heavy atom. The van der Waals surface area contributed by atoms with Crippen LogP contribution in [0.3, 0.4) is 0 Å². The molecule has 0 amide bonds. The first-order chi connectivity index (χ1) is 8.74. The van der Waals surface area contributed by atoms with E-state index in [4.69, 9.17) is 10.1 Å². The predicted molar refractivity (Wildman–Crippen MR) is 72.2 cm³/mol. The lowest BCUT2D eigenvalue weighted by atomic mass is 10.2. The maximum atomic E-state index is 10.6. The predicted octanol–water partition coefficient (Wildman–Crippen LogP) is 2.72. The van der Waals surface area contributed by atoms with E-state index in [9.17, 15) is 4.79 Å². The molecule has 0 bridgehead atoms. The van der Waals surface area contributed by atoms with Crippen molar-refractivity contribution in [2.45, 2.75) is 31.6 Å². The van der Waals surface area contributed by atoms with E-state index in [1.165, 1.54) is 31.8 Å². The summed E-state index contributed by atoms with van der Waals surface area (Å²) in [7, 11) is 0. The highest BCUT2D eigenvalue weighted by Gasteiger charge is 2.30. The van der Waals surface area contributed by atoms with Gasteiger partial charge in [-0.2, -0.15) is 0 Å². The average molecular weight is 264 g/mol. The Bertz CT molecular complexity index is 485. The second-order valence-electron chi connectivity index (χ2n) is 4.89. The van der Waals surface area contributed by atoms with Gasteiger partial charge in [0.2, 0.25) is 0 Å². The van der Waals surface area contributed by atoms with Gasteiger partial charge in [0.1, 0.15) is 0 Å². The fraction of sp³-hybridized carbons (Fsp3) is 0.538. The van der Waals surface area contributed by atoms with Crippen molar-refractivity contribution >= 4 is 28.5 Å². The van der Waals surface area contributed by atoms with Gasteiger partial charge in [0.15, 0.2) is 5.13 Å². The van der Waals surface area contributed by atoms with E-state index in [0.29, 0.717) is 5.92 Å². The molecule has 18 heavy (non-hydrogen) atoms. The second kappa shape index (κ2) is 4.72. The molecule has 96 valence electrons. The quantitative estimate of drug-likeness (QED) is 0.850. The van der Waals surface area contributed by atoms with Crippen LogP contribution in [0.1, 0.15) is 42.2 Å². The van der Waals surface area contributed by atoms with E-state index in [-0.39, 0.29) is 0 Å². The molecule has 0 spiro atoms. The van der Waals surface area contributed by atoms with Crippen LogP contribution in [0, 0.1) is 0 Å². The maximum absolute atomic E-state index is 10.6. The van der Waals surface area contributed by atoms with E-state index < -0.39 is 5.97 Å². The van der Waals surface area contributed by atoms with Crippen molar-refractivity contribution in [3.8, 4) is 0 Å². The zero-order valence-electron chi connectivity index (χ0n) is 10.1. The van der Waals surface area contributed by atoms with Crippen molar-refractivity contribution in [2.24, 2.45) is 0 Å². The molecule has 0 atom stereocenters. The van der Waals surface area contributed by atoms with E-state index in [1.807, 2.05) is 0 Å². The van der Waals surface area contributed by atoms with Crippen LogP contribution in [-0.2, 0) is 4.79 Å². The standard InChI is InChI=1S/C13H16N2O2S/c16-11(17)6-5-10-12(9-3-4-9)14-13(18-10)15-7-1-2-8-15/h5-6,9H,1-4,7-8H2,(H,16,17)/b6-5+. The van der Waals surface area contributed by atoms with Crippen LogP contribution >= 0.6 is 11.3 Å². The number of nitrogens with zero attached hydrogens (tertiary/aromatic N) is 2. The first kappa shape index (κ1) is 11.7. The molecule has 1 N–H and O–H groups in total. The number of aliphatic carboxylic acids is 1. The average Bonchev–Trinajstić information content (AvgIpc) is 2.91. The maximum Gasteiger partial charge on any atom is 0.328 e. The Balaban J connectivity index is 1.88. The minimum atomic E-state index is -0.895. The summed E-state index contributed by atoms with van der Waals surface area (Å²) in [5.74, 6) is -0.334. The van der Waals surface area contributed by atoms with Crippen LogP contribution in [0.25, 0.3) is 6.08 Å². The highest BCUT2D eigenvalue weighted by molar-refractivity contribution is 7.16. The van der Waals surface area contributed by atoms with Crippen LogP contribution in [0.15, 0.2) is 6.08 Å². The van der Waals surface area contributed by atoms with Crippen molar-refractivity contribution < 1.29 is 9.90 Å². The monoisotopic (exact) mass is 264 g/mol. The lowest BCUT2D eigenvalue weighted by Crippen LogP contribution is -2.17. The molecule has 1 aliphatic carbocycles. The molecule has 0 unspecified atom stereocenters. The molecule has 1 aromatic heterocycles. The molecular weight excluding hydrogens is 248 g/mol. The Morgan fingerprint density at radius 1 is 1.39 bits per heavy atom. The minimum Gasteiger partial charge on any atom is -0.478 e. The molecule has 1 aliphatic heterocycles. The molecule has 1 aromatic rings. The van der Waals surface area contributed by atoms with Gasteiger partial charge in [0, 0.05) is 25.1 Å². The fourth-order valence-corrected chi connectivity index (χ4v) is 3.40. The second-order valence-corrected chi connectivity index (χ2v) is 5.90. The van der Waals surface area contributed by atoms with Gasteiger partial charge in [0.25, 0.3) is 0 Å². The van der Waals surface area contributed by atoms with Crippen LogP contribution in [0.2, 0.25) is 0 Å². The summed E-state index contributed by atoms with van der Waals surface area (Å²) in [5, 5.41) is 9.79. The van der Waals surface area contributed by atoms with Gasteiger partial charge in [-0.15, -0.1) is 0 Å². The topological polar surface area (TPSA) is 53.4 Å². The number of carbonyl (C=O) groups is 1. The smallest absolute Gasteiger partial charge is 0.328 e. The molecule has 0 aromatic carbocycles. The summed E-state index contributed by atoms with van der Waals surface area (Å²) in [4.78, 5) is 18.7. The van der Waals surface area contributed by atoms with E-state index >= 15 is 0 Å². The molecule has 3 rings (SSSR count). The van der Waals surface area contributed by atoms with Crippen molar-refractivity contribution in [1.29, 1.82) is 0 Å². The van der Waals surface area contributed by atoms with Crippen LogP contribution in [0.4, 0.5) is 5.13 Å². The molecule has 2 fully saturated rings. The normalized spacial score (nSPS) is 19.9. The third-order valence-corrected chi connectivity index (χ3v) is 4.48. The molecule has 2 aliphatic rings. The van der Waals surface area contributed by atoms with Gasteiger partial charge < -0.3 is 10.0 Å². The third kappa shape index (κ3) is 2.41. The molecule has 1 saturated heterocycles. The molecule has 4 nitrogen and oxygen atoms in total. The summed E-state index contributed by atoms with van der Waals surface area (Å²) in [5.41, 5.74) is 1.11. The lowest BCUT2D eigenvalue weighted by molar-refractivity contribution is -0.131. The number of carboxylic acid groups (broad SMARTS) is 1. The third-order valence-electron chi connectivity index (χ3n) is 3.39. The number of thiazole rings is 1. The van der Waals surface area contributed by atoms with Crippen LogP contribution < -0.4 is 4.90 Å². The Labute approximate surface area is 110 Å². The number of anilines is 1. The van der Waals surface area contributed by atoms with Crippen LogP contribution in [0.5, 0.6) is 0 Å². The van der Waals surface area contributed by atoms with Crippen LogP contribution in [-0.4, -0.2) is 29.1 Å². The van der Waals surface area contributed by atoms with Gasteiger partial charge in [-0.1, -0.05) is 11.3 Å². The van der Waals surface area contributed by atoms with E-state index in [0.717, 1.165) is 28.8 Å². The van der Waals surface area contributed by atoms with Gasteiger partial charge in [-0.05, 0) is 31.8 Å². The Morgan fingerprint density at radius 2 is 2.11 bits per heavy atom. The fourth-order valence-electron chi connectivity index (χ4n) is 2.29. The molecular formula is C13H16N2O2S.